The maximum Gasteiger partial charge on any atom is 0.203 e. The Morgan fingerprint density at radius 2 is 2.38 bits per heavy atom. The van der Waals surface area contributed by atoms with Crippen molar-refractivity contribution >= 4 is 5.96 Å². The van der Waals surface area contributed by atoms with Crippen LogP contribution in [0.5, 0.6) is 0 Å². The zero-order chi connectivity index (χ0) is 6.41. The molecule has 48 valence electrons. The number of nitrogens with one attached hydrogen (secondary N) is 2. The standard InChI is InChI=1S/C4H12N4/c1-3-7-4(5)8-6-2/h6H,3H2,1-2H3,(H3,5,7,8). The Hall–Kier alpha value is -0.770. The third kappa shape index (κ3) is 3.42. The van der Waals surface area contributed by atoms with Crippen LogP contribution in [0.4, 0.5) is 0 Å². The Morgan fingerprint density at radius 1 is 1.75 bits per heavy atom. The van der Waals surface area contributed by atoms with Gasteiger partial charge < -0.3 is 5.73 Å². The highest BCUT2D eigenvalue weighted by Crippen LogP contribution is 1.61. The number of guanidine groups is 1. The first kappa shape index (κ1) is 7.23. The van der Waals surface area contributed by atoms with E-state index < -0.39 is 0 Å². The van der Waals surface area contributed by atoms with Crippen molar-refractivity contribution in [2.45, 2.75) is 6.92 Å². The molecule has 0 heterocycles. The van der Waals surface area contributed by atoms with Crippen LogP contribution >= 0.6 is 0 Å². The summed E-state index contributed by atoms with van der Waals surface area (Å²) in [5.41, 5.74) is 10.5. The van der Waals surface area contributed by atoms with Gasteiger partial charge in [0.25, 0.3) is 0 Å². The van der Waals surface area contributed by atoms with Gasteiger partial charge in [-0.2, -0.15) is 0 Å². The predicted octanol–water partition coefficient (Wildman–Crippen LogP) is -0.955. The molecule has 0 amide bonds. The van der Waals surface area contributed by atoms with Crippen molar-refractivity contribution in [1.29, 1.82) is 0 Å². The highest BCUT2D eigenvalue weighted by molar-refractivity contribution is 5.77. The lowest BCUT2D eigenvalue weighted by Gasteiger charge is -1.99. The van der Waals surface area contributed by atoms with Crippen LogP contribution in [-0.4, -0.2) is 19.6 Å². The Morgan fingerprint density at radius 3 is 2.75 bits per heavy atom. The Labute approximate surface area is 49.1 Å². The fraction of sp³-hybridized carbons (Fsp3) is 0.750. The molecule has 4 N–H and O–H groups in total. The van der Waals surface area contributed by atoms with E-state index in [0.717, 1.165) is 0 Å². The summed E-state index contributed by atoms with van der Waals surface area (Å²) in [4.78, 5) is 3.84. The second-order valence-electron chi connectivity index (χ2n) is 1.23. The smallest absolute Gasteiger partial charge is 0.203 e. The summed E-state index contributed by atoms with van der Waals surface area (Å²) in [7, 11) is 1.73. The van der Waals surface area contributed by atoms with Gasteiger partial charge in [0.2, 0.25) is 5.96 Å². The molecular weight excluding hydrogens is 104 g/mol. The van der Waals surface area contributed by atoms with Crippen LogP contribution < -0.4 is 16.6 Å². The summed E-state index contributed by atoms with van der Waals surface area (Å²) in [6.07, 6.45) is 0. The highest BCUT2D eigenvalue weighted by atomic mass is 15.4. The van der Waals surface area contributed by atoms with E-state index >= 15 is 0 Å². The molecule has 8 heavy (non-hydrogen) atoms. The molecule has 4 heteroatoms. The number of hydrogen-bond acceptors (Lipinski definition) is 2. The zero-order valence-electron chi connectivity index (χ0n) is 5.23. The van der Waals surface area contributed by atoms with Crippen LogP contribution in [0.25, 0.3) is 0 Å². The number of hydrogen-bond donors (Lipinski definition) is 3. The molecule has 0 spiro atoms. The number of rotatable bonds is 2. The monoisotopic (exact) mass is 116 g/mol. The van der Waals surface area contributed by atoms with Crippen LogP contribution in [0.15, 0.2) is 4.99 Å². The van der Waals surface area contributed by atoms with Gasteiger partial charge in [0.15, 0.2) is 0 Å². The molecule has 0 fully saturated rings. The van der Waals surface area contributed by atoms with Crippen molar-refractivity contribution in [3.05, 3.63) is 0 Å². The quantitative estimate of drug-likeness (QED) is 0.247. The summed E-state index contributed by atoms with van der Waals surface area (Å²) in [6.45, 7) is 2.63. The van der Waals surface area contributed by atoms with E-state index in [2.05, 4.69) is 15.8 Å². The Bertz CT molecular complexity index is 78.1. The topological polar surface area (TPSA) is 62.4 Å². The molecule has 0 bridgehead atoms. The third-order valence-electron chi connectivity index (χ3n) is 0.582. The van der Waals surface area contributed by atoms with E-state index in [1.165, 1.54) is 0 Å². The van der Waals surface area contributed by atoms with E-state index in [4.69, 9.17) is 5.73 Å². The number of aliphatic imine (C=N–C) groups is 1. The SMILES string of the molecule is CCN=C(N)NNC. The second-order valence-corrected chi connectivity index (χ2v) is 1.23. The van der Waals surface area contributed by atoms with E-state index in [1.54, 1.807) is 7.05 Å². The first-order chi connectivity index (χ1) is 3.81. The van der Waals surface area contributed by atoms with E-state index in [0.29, 0.717) is 12.5 Å². The van der Waals surface area contributed by atoms with Crippen LogP contribution in [-0.2, 0) is 0 Å². The van der Waals surface area contributed by atoms with E-state index in [-0.39, 0.29) is 0 Å². The minimum atomic E-state index is 0.426. The summed E-state index contributed by atoms with van der Waals surface area (Å²) in [6, 6.07) is 0. The molecule has 0 aliphatic heterocycles. The molecule has 0 unspecified atom stereocenters. The maximum absolute atomic E-state index is 5.27. The van der Waals surface area contributed by atoms with Crippen molar-refractivity contribution in [3.8, 4) is 0 Å². The minimum Gasteiger partial charge on any atom is -0.369 e. The fourth-order valence-electron chi connectivity index (χ4n) is 0.338. The molecule has 0 aromatic carbocycles. The van der Waals surface area contributed by atoms with Gasteiger partial charge in [-0.05, 0) is 6.92 Å². The average Bonchev–Trinajstić information content (AvgIpc) is 1.68. The fourth-order valence-corrected chi connectivity index (χ4v) is 0.338. The normalized spacial score (nSPS) is 11.5. The molecule has 0 aliphatic rings. The third-order valence-corrected chi connectivity index (χ3v) is 0.582. The van der Waals surface area contributed by atoms with Crippen molar-refractivity contribution in [3.63, 3.8) is 0 Å². The molecular formula is C4H12N4. The van der Waals surface area contributed by atoms with Crippen LogP contribution in [0.1, 0.15) is 6.92 Å². The van der Waals surface area contributed by atoms with Gasteiger partial charge in [0.1, 0.15) is 0 Å². The van der Waals surface area contributed by atoms with Crippen molar-refractivity contribution in [2.75, 3.05) is 13.6 Å². The molecule has 0 atom stereocenters. The number of nitrogens with two attached hydrogens (primary N) is 1. The lowest BCUT2D eigenvalue weighted by Crippen LogP contribution is -2.40. The van der Waals surface area contributed by atoms with Crippen molar-refractivity contribution in [2.24, 2.45) is 10.7 Å². The van der Waals surface area contributed by atoms with Crippen LogP contribution in [0.2, 0.25) is 0 Å². The van der Waals surface area contributed by atoms with Gasteiger partial charge in [-0.1, -0.05) is 0 Å². The molecule has 0 radical (unpaired) electrons. The molecule has 0 saturated carbocycles. The van der Waals surface area contributed by atoms with Gasteiger partial charge in [0, 0.05) is 13.6 Å². The summed E-state index contributed by atoms with van der Waals surface area (Å²) in [5, 5.41) is 0. The first-order valence-electron chi connectivity index (χ1n) is 2.54. The molecule has 0 aromatic rings. The molecule has 0 saturated heterocycles. The second kappa shape index (κ2) is 4.39. The van der Waals surface area contributed by atoms with Crippen LogP contribution in [0, 0.1) is 0 Å². The average molecular weight is 116 g/mol. The summed E-state index contributed by atoms with van der Waals surface area (Å²) < 4.78 is 0. The largest absolute Gasteiger partial charge is 0.369 e. The lowest BCUT2D eigenvalue weighted by atomic mass is 10.8. The summed E-state index contributed by atoms with van der Waals surface area (Å²) in [5.74, 6) is 0.426. The minimum absolute atomic E-state index is 0.426. The zero-order valence-corrected chi connectivity index (χ0v) is 5.23. The number of hydrazine groups is 1. The lowest BCUT2D eigenvalue weighted by molar-refractivity contribution is 0.757. The predicted molar refractivity (Wildman–Crippen MR) is 34.4 cm³/mol. The first-order valence-corrected chi connectivity index (χ1v) is 2.54. The van der Waals surface area contributed by atoms with Crippen LogP contribution in [0.3, 0.4) is 0 Å². The van der Waals surface area contributed by atoms with Crippen molar-refractivity contribution in [1.82, 2.24) is 10.9 Å². The van der Waals surface area contributed by atoms with Gasteiger partial charge >= 0.3 is 0 Å². The van der Waals surface area contributed by atoms with E-state index in [9.17, 15) is 0 Å². The van der Waals surface area contributed by atoms with Crippen molar-refractivity contribution < 1.29 is 0 Å². The van der Waals surface area contributed by atoms with E-state index in [1.807, 2.05) is 6.92 Å². The molecule has 0 aromatic heterocycles. The maximum atomic E-state index is 5.27. The number of nitrogens with zero attached hydrogens (tertiary/aromatic N) is 1. The highest BCUT2D eigenvalue weighted by Gasteiger charge is 1.79. The molecule has 0 rings (SSSR count). The summed E-state index contributed by atoms with van der Waals surface area (Å²) >= 11 is 0. The van der Waals surface area contributed by atoms with Gasteiger partial charge in [0.05, 0.1) is 0 Å². The molecule has 4 nitrogen and oxygen atoms in total. The Kier molecular flexibility index (Phi) is 3.97. The van der Waals surface area contributed by atoms with Gasteiger partial charge in [-0.3, -0.25) is 10.4 Å². The Balaban J connectivity index is 3.29. The van der Waals surface area contributed by atoms with Gasteiger partial charge in [-0.25, -0.2) is 5.43 Å². The van der Waals surface area contributed by atoms with Gasteiger partial charge in [-0.15, -0.1) is 0 Å². The molecule has 0 aliphatic carbocycles.